The number of carbonyl (C=O) groups is 1. The van der Waals surface area contributed by atoms with Crippen LogP contribution in [0.5, 0.6) is 5.75 Å². The maximum Gasteiger partial charge on any atom is 0.275 e. The van der Waals surface area contributed by atoms with Crippen LogP contribution >= 0.6 is 11.6 Å². The quantitative estimate of drug-likeness (QED) is 0.671. The van der Waals surface area contributed by atoms with Crippen LogP contribution in [0.4, 0.5) is 0 Å². The molecule has 0 atom stereocenters. The van der Waals surface area contributed by atoms with Crippen molar-refractivity contribution in [3.63, 3.8) is 0 Å². The Morgan fingerprint density at radius 2 is 2.00 bits per heavy atom. The van der Waals surface area contributed by atoms with E-state index in [9.17, 15) is 4.79 Å². The van der Waals surface area contributed by atoms with Crippen molar-refractivity contribution in [3.8, 4) is 5.75 Å². The molecule has 2 N–H and O–H groups in total. The number of nitrogens with one attached hydrogen (secondary N) is 1. The van der Waals surface area contributed by atoms with Gasteiger partial charge in [-0.1, -0.05) is 35.9 Å². The fraction of sp³-hybridized carbons (Fsp3) is 0.133. The van der Waals surface area contributed by atoms with E-state index in [0.717, 1.165) is 5.56 Å². The van der Waals surface area contributed by atoms with E-state index in [1.54, 1.807) is 29.7 Å². The fourth-order valence-corrected chi connectivity index (χ4v) is 2.07. The van der Waals surface area contributed by atoms with Gasteiger partial charge >= 0.3 is 0 Å². The van der Waals surface area contributed by atoms with Gasteiger partial charge in [-0.2, -0.15) is 0 Å². The number of hydroxylamine groups is 1. The first-order valence-corrected chi connectivity index (χ1v) is 6.41. The van der Waals surface area contributed by atoms with Crippen LogP contribution in [-0.2, 0) is 6.61 Å². The molecule has 104 valence electrons. The van der Waals surface area contributed by atoms with Crippen molar-refractivity contribution in [1.82, 2.24) is 5.48 Å². The molecule has 0 aliphatic rings. The molecule has 5 heteroatoms. The van der Waals surface area contributed by atoms with Crippen molar-refractivity contribution in [3.05, 3.63) is 64.2 Å². The average molecular weight is 292 g/mol. The number of hydrogen-bond donors (Lipinski definition) is 2. The molecule has 0 bridgehead atoms. The number of rotatable bonds is 4. The second-order valence-electron chi connectivity index (χ2n) is 4.26. The average Bonchev–Trinajstić information content (AvgIpc) is 2.46. The molecule has 0 saturated carbocycles. The van der Waals surface area contributed by atoms with Crippen molar-refractivity contribution in [1.29, 1.82) is 0 Å². The van der Waals surface area contributed by atoms with Crippen LogP contribution in [0.25, 0.3) is 0 Å². The molecule has 0 heterocycles. The molecule has 1 amide bonds. The lowest BCUT2D eigenvalue weighted by atomic mass is 10.0. The van der Waals surface area contributed by atoms with Gasteiger partial charge in [0.05, 0.1) is 5.02 Å². The summed E-state index contributed by atoms with van der Waals surface area (Å²) < 4.78 is 5.65. The number of amides is 1. The SMILES string of the molecule is Cc1cccc(C(=O)NO)c1COc1ccccc1Cl. The smallest absolute Gasteiger partial charge is 0.275 e. The predicted molar refractivity (Wildman–Crippen MR) is 76.2 cm³/mol. The number of carbonyl (C=O) groups excluding carboxylic acids is 1. The van der Waals surface area contributed by atoms with Crippen LogP contribution in [-0.4, -0.2) is 11.1 Å². The number of hydrogen-bond acceptors (Lipinski definition) is 3. The number of aryl methyl sites for hydroxylation is 1. The summed E-state index contributed by atoms with van der Waals surface area (Å²) in [7, 11) is 0. The molecule has 2 aromatic rings. The lowest BCUT2D eigenvalue weighted by Crippen LogP contribution is -2.21. The standard InChI is InChI=1S/C15H14ClNO3/c1-10-5-4-6-11(15(18)17-19)12(10)9-20-14-8-3-2-7-13(14)16/h2-8,19H,9H2,1H3,(H,17,18). The van der Waals surface area contributed by atoms with Gasteiger partial charge in [0.1, 0.15) is 12.4 Å². The van der Waals surface area contributed by atoms with Gasteiger partial charge in [0.2, 0.25) is 0 Å². The van der Waals surface area contributed by atoms with Crippen LogP contribution in [0.15, 0.2) is 42.5 Å². The Bertz CT molecular complexity index is 628. The molecule has 2 aromatic carbocycles. The summed E-state index contributed by atoms with van der Waals surface area (Å²) in [6, 6.07) is 12.4. The summed E-state index contributed by atoms with van der Waals surface area (Å²) in [5, 5.41) is 9.28. The predicted octanol–water partition coefficient (Wildman–Crippen LogP) is 3.35. The van der Waals surface area contributed by atoms with Gasteiger partial charge < -0.3 is 4.74 Å². The molecule has 0 saturated heterocycles. The first-order chi connectivity index (χ1) is 9.63. The van der Waals surface area contributed by atoms with E-state index < -0.39 is 5.91 Å². The van der Waals surface area contributed by atoms with Gasteiger partial charge in [0.15, 0.2) is 0 Å². The molecular weight excluding hydrogens is 278 g/mol. The molecule has 0 radical (unpaired) electrons. The van der Waals surface area contributed by atoms with Crippen LogP contribution < -0.4 is 10.2 Å². The van der Waals surface area contributed by atoms with Crippen molar-refractivity contribution in [2.45, 2.75) is 13.5 Å². The molecule has 0 aliphatic carbocycles. The highest BCUT2D eigenvalue weighted by Crippen LogP contribution is 2.25. The van der Waals surface area contributed by atoms with Gasteiger partial charge in [-0.3, -0.25) is 10.0 Å². The molecule has 0 aliphatic heterocycles. The zero-order chi connectivity index (χ0) is 14.5. The number of ether oxygens (including phenoxy) is 1. The minimum atomic E-state index is -0.563. The van der Waals surface area contributed by atoms with E-state index >= 15 is 0 Å². The molecule has 0 aromatic heterocycles. The Morgan fingerprint density at radius 3 is 2.70 bits per heavy atom. The lowest BCUT2D eigenvalue weighted by Gasteiger charge is -2.13. The van der Waals surface area contributed by atoms with Crippen LogP contribution in [0.3, 0.4) is 0 Å². The minimum Gasteiger partial charge on any atom is -0.487 e. The van der Waals surface area contributed by atoms with Gasteiger partial charge in [-0.15, -0.1) is 0 Å². The highest BCUT2D eigenvalue weighted by atomic mass is 35.5. The van der Waals surface area contributed by atoms with Crippen LogP contribution in [0, 0.1) is 6.92 Å². The topological polar surface area (TPSA) is 58.6 Å². The summed E-state index contributed by atoms with van der Waals surface area (Å²) in [4.78, 5) is 11.6. The van der Waals surface area contributed by atoms with Crippen LogP contribution in [0.1, 0.15) is 21.5 Å². The molecule has 0 spiro atoms. The van der Waals surface area contributed by atoms with E-state index in [-0.39, 0.29) is 6.61 Å². The van der Waals surface area contributed by atoms with Crippen molar-refractivity contribution < 1.29 is 14.7 Å². The summed E-state index contributed by atoms with van der Waals surface area (Å²) in [5.41, 5.74) is 3.62. The number of benzene rings is 2. The van der Waals surface area contributed by atoms with E-state index in [0.29, 0.717) is 21.9 Å². The zero-order valence-corrected chi connectivity index (χ0v) is 11.6. The highest BCUT2D eigenvalue weighted by molar-refractivity contribution is 6.32. The van der Waals surface area contributed by atoms with Crippen LogP contribution in [0.2, 0.25) is 5.02 Å². The number of para-hydroxylation sites is 1. The third-order valence-corrected chi connectivity index (χ3v) is 3.28. The van der Waals surface area contributed by atoms with E-state index in [1.165, 1.54) is 0 Å². The Labute approximate surface area is 121 Å². The molecule has 0 unspecified atom stereocenters. The van der Waals surface area contributed by atoms with E-state index in [4.69, 9.17) is 21.5 Å². The Hall–Kier alpha value is -2.04. The Morgan fingerprint density at radius 1 is 1.25 bits per heavy atom. The number of halogens is 1. The largest absolute Gasteiger partial charge is 0.487 e. The summed E-state index contributed by atoms with van der Waals surface area (Å²) in [5.74, 6) is -0.0146. The molecule has 4 nitrogen and oxygen atoms in total. The second kappa shape index (κ2) is 6.41. The van der Waals surface area contributed by atoms with E-state index in [2.05, 4.69) is 0 Å². The maximum absolute atomic E-state index is 11.6. The van der Waals surface area contributed by atoms with Gasteiger partial charge in [-0.05, 0) is 30.7 Å². The summed E-state index contributed by atoms with van der Waals surface area (Å²) >= 11 is 6.02. The third-order valence-electron chi connectivity index (χ3n) is 2.97. The van der Waals surface area contributed by atoms with Gasteiger partial charge in [0, 0.05) is 11.1 Å². The van der Waals surface area contributed by atoms with Crippen molar-refractivity contribution >= 4 is 17.5 Å². The minimum absolute atomic E-state index is 0.194. The van der Waals surface area contributed by atoms with Gasteiger partial charge in [-0.25, -0.2) is 5.48 Å². The Kier molecular flexibility index (Phi) is 4.61. The zero-order valence-electron chi connectivity index (χ0n) is 10.9. The molecule has 20 heavy (non-hydrogen) atoms. The first kappa shape index (κ1) is 14.4. The van der Waals surface area contributed by atoms with Crippen molar-refractivity contribution in [2.75, 3.05) is 0 Å². The third kappa shape index (κ3) is 3.10. The van der Waals surface area contributed by atoms with Crippen molar-refractivity contribution in [2.24, 2.45) is 0 Å². The summed E-state index contributed by atoms with van der Waals surface area (Å²) in [6.45, 7) is 2.07. The summed E-state index contributed by atoms with van der Waals surface area (Å²) in [6.07, 6.45) is 0. The van der Waals surface area contributed by atoms with Gasteiger partial charge in [0.25, 0.3) is 5.91 Å². The second-order valence-corrected chi connectivity index (χ2v) is 4.67. The molecular formula is C15H14ClNO3. The monoisotopic (exact) mass is 291 g/mol. The maximum atomic E-state index is 11.6. The normalized spacial score (nSPS) is 10.2. The first-order valence-electron chi connectivity index (χ1n) is 6.03. The fourth-order valence-electron chi connectivity index (χ4n) is 1.88. The highest BCUT2D eigenvalue weighted by Gasteiger charge is 2.13. The lowest BCUT2D eigenvalue weighted by molar-refractivity contribution is 0.0703. The van der Waals surface area contributed by atoms with E-state index in [1.807, 2.05) is 25.1 Å². The molecule has 2 rings (SSSR count). The molecule has 0 fully saturated rings. The Balaban J connectivity index is 2.25.